The molecule has 138 valence electrons. The van der Waals surface area contributed by atoms with Gasteiger partial charge in [0.25, 0.3) is 0 Å². The first-order valence-corrected chi connectivity index (χ1v) is 8.64. The minimum Gasteiger partial charge on any atom is -0.495 e. The van der Waals surface area contributed by atoms with Crippen molar-refractivity contribution in [3.8, 4) is 5.75 Å². The van der Waals surface area contributed by atoms with Crippen molar-refractivity contribution in [1.29, 1.82) is 0 Å². The molecule has 0 bridgehead atoms. The van der Waals surface area contributed by atoms with E-state index >= 15 is 0 Å². The van der Waals surface area contributed by atoms with Gasteiger partial charge in [-0.15, -0.1) is 0 Å². The van der Waals surface area contributed by atoms with Gasteiger partial charge in [0, 0.05) is 5.69 Å². The van der Waals surface area contributed by atoms with Gasteiger partial charge in [-0.2, -0.15) is 0 Å². The molecule has 0 radical (unpaired) electrons. The molecule has 0 aliphatic carbocycles. The summed E-state index contributed by atoms with van der Waals surface area (Å²) < 4.78 is 5.06. The molecule has 0 unspecified atom stereocenters. The van der Waals surface area contributed by atoms with Crippen LogP contribution in [0.25, 0.3) is 0 Å². The fourth-order valence-corrected chi connectivity index (χ4v) is 2.98. The van der Waals surface area contributed by atoms with Crippen molar-refractivity contribution in [1.82, 2.24) is 5.32 Å². The minimum atomic E-state index is -0.750. The van der Waals surface area contributed by atoms with E-state index in [9.17, 15) is 9.59 Å². The fourth-order valence-electron chi connectivity index (χ4n) is 2.72. The third-order valence-corrected chi connectivity index (χ3v) is 4.61. The van der Waals surface area contributed by atoms with Crippen LogP contribution in [-0.2, 0) is 9.59 Å². The van der Waals surface area contributed by atoms with Crippen LogP contribution in [0, 0.1) is 20.8 Å². The van der Waals surface area contributed by atoms with Crippen LogP contribution in [0.3, 0.4) is 0 Å². The molecule has 6 heteroatoms. The highest BCUT2D eigenvalue weighted by molar-refractivity contribution is 6.40. The van der Waals surface area contributed by atoms with E-state index in [-0.39, 0.29) is 6.04 Å². The Labute approximate surface area is 158 Å². The molecule has 2 rings (SSSR count). The molecule has 2 amide bonds. The predicted octanol–water partition coefficient (Wildman–Crippen LogP) is 4.09. The van der Waals surface area contributed by atoms with Crippen molar-refractivity contribution in [2.75, 3.05) is 12.4 Å². The number of ether oxygens (including phenoxy) is 1. The maximum absolute atomic E-state index is 12.2. The van der Waals surface area contributed by atoms with E-state index in [0.717, 1.165) is 16.7 Å². The molecule has 0 aliphatic heterocycles. The fraction of sp³-hybridized carbons (Fsp3) is 0.300. The van der Waals surface area contributed by atoms with E-state index in [2.05, 4.69) is 16.7 Å². The lowest BCUT2D eigenvalue weighted by Gasteiger charge is -2.18. The maximum Gasteiger partial charge on any atom is 0.313 e. The summed E-state index contributed by atoms with van der Waals surface area (Å²) in [7, 11) is 1.50. The zero-order chi connectivity index (χ0) is 19.4. The minimum absolute atomic E-state index is 0.285. The van der Waals surface area contributed by atoms with Crippen LogP contribution in [0.1, 0.15) is 35.2 Å². The molecule has 0 spiro atoms. The molecule has 2 aromatic carbocycles. The molecule has 1 atom stereocenters. The molecule has 5 nitrogen and oxygen atoms in total. The summed E-state index contributed by atoms with van der Waals surface area (Å²) in [6.45, 7) is 7.91. The summed E-state index contributed by atoms with van der Waals surface area (Å²) in [5.74, 6) is -0.963. The molecule has 0 heterocycles. The Hall–Kier alpha value is -2.53. The van der Waals surface area contributed by atoms with Gasteiger partial charge in [-0.3, -0.25) is 9.59 Å². The predicted molar refractivity (Wildman–Crippen MR) is 104 cm³/mol. The van der Waals surface area contributed by atoms with Gasteiger partial charge in [0.2, 0.25) is 0 Å². The van der Waals surface area contributed by atoms with Crippen molar-refractivity contribution in [2.24, 2.45) is 0 Å². The van der Waals surface area contributed by atoms with Crippen LogP contribution in [0.15, 0.2) is 30.3 Å². The highest BCUT2D eigenvalue weighted by atomic mass is 35.5. The number of benzene rings is 2. The molecule has 26 heavy (non-hydrogen) atoms. The van der Waals surface area contributed by atoms with Crippen LogP contribution in [-0.4, -0.2) is 18.9 Å². The number of hydrogen-bond donors (Lipinski definition) is 2. The van der Waals surface area contributed by atoms with Gasteiger partial charge in [0.05, 0.1) is 18.2 Å². The van der Waals surface area contributed by atoms with Crippen LogP contribution >= 0.6 is 11.6 Å². The topological polar surface area (TPSA) is 67.4 Å². The Morgan fingerprint density at radius 2 is 1.65 bits per heavy atom. The van der Waals surface area contributed by atoms with Crippen LogP contribution in [0.5, 0.6) is 5.75 Å². The summed E-state index contributed by atoms with van der Waals surface area (Å²) >= 11 is 6.03. The number of carbonyl (C=O) groups is 2. The summed E-state index contributed by atoms with van der Waals surface area (Å²) in [5.41, 5.74) is 4.82. The van der Waals surface area contributed by atoms with Gasteiger partial charge in [0.1, 0.15) is 5.75 Å². The van der Waals surface area contributed by atoms with Crippen molar-refractivity contribution in [3.05, 3.63) is 57.6 Å². The third-order valence-electron chi connectivity index (χ3n) is 4.31. The average Bonchev–Trinajstić information content (AvgIpc) is 2.58. The van der Waals surface area contributed by atoms with Gasteiger partial charge in [-0.25, -0.2) is 0 Å². The first kappa shape index (κ1) is 19.8. The normalized spacial score (nSPS) is 11.6. The number of amides is 2. The Kier molecular flexibility index (Phi) is 6.27. The number of hydrogen-bond acceptors (Lipinski definition) is 3. The maximum atomic E-state index is 12.2. The SMILES string of the molecule is COc1ccc(NC(=O)C(=O)N[C@H](C)c2cc(C)c(C)cc2C)cc1Cl. The van der Waals surface area contributed by atoms with E-state index in [0.29, 0.717) is 16.5 Å². The molecular weight excluding hydrogens is 352 g/mol. The number of halogens is 1. The molecule has 0 saturated carbocycles. The monoisotopic (exact) mass is 374 g/mol. The van der Waals surface area contributed by atoms with Gasteiger partial charge in [-0.1, -0.05) is 23.7 Å². The second kappa shape index (κ2) is 8.23. The zero-order valence-corrected chi connectivity index (χ0v) is 16.3. The van der Waals surface area contributed by atoms with Crippen LogP contribution < -0.4 is 15.4 Å². The second-order valence-corrected chi connectivity index (χ2v) is 6.70. The van der Waals surface area contributed by atoms with Crippen LogP contribution in [0.4, 0.5) is 5.69 Å². The molecule has 0 fully saturated rings. The first-order valence-electron chi connectivity index (χ1n) is 8.26. The lowest BCUT2D eigenvalue weighted by molar-refractivity contribution is -0.136. The van der Waals surface area contributed by atoms with Crippen molar-refractivity contribution < 1.29 is 14.3 Å². The highest BCUT2D eigenvalue weighted by Crippen LogP contribution is 2.27. The standard InChI is InChI=1S/C20H23ClN2O3/c1-11-8-13(3)16(9-12(11)2)14(4)22-19(24)20(25)23-15-6-7-18(26-5)17(21)10-15/h6-10,14H,1-5H3,(H,22,24)(H,23,25)/t14-/m1/s1. The number of aryl methyl sites for hydroxylation is 3. The van der Waals surface area contributed by atoms with E-state index in [4.69, 9.17) is 16.3 Å². The molecule has 2 aromatic rings. The Bertz CT molecular complexity index is 849. The number of methoxy groups -OCH3 is 1. The van der Waals surface area contributed by atoms with Crippen molar-refractivity contribution >= 4 is 29.1 Å². The van der Waals surface area contributed by atoms with Crippen molar-refractivity contribution in [2.45, 2.75) is 33.7 Å². The molecule has 0 saturated heterocycles. The van der Waals surface area contributed by atoms with E-state index in [1.54, 1.807) is 12.1 Å². The van der Waals surface area contributed by atoms with Gasteiger partial charge >= 0.3 is 11.8 Å². The quantitative estimate of drug-likeness (QED) is 0.792. The Morgan fingerprint density at radius 1 is 1.00 bits per heavy atom. The largest absolute Gasteiger partial charge is 0.495 e. The highest BCUT2D eigenvalue weighted by Gasteiger charge is 2.19. The molecule has 0 aliphatic rings. The van der Waals surface area contributed by atoms with Crippen LogP contribution in [0.2, 0.25) is 5.02 Å². The molecule has 2 N–H and O–H groups in total. The summed E-state index contributed by atoms with van der Waals surface area (Å²) in [4.78, 5) is 24.4. The lowest BCUT2D eigenvalue weighted by atomic mass is 9.96. The summed E-state index contributed by atoms with van der Waals surface area (Å²) in [6, 6.07) is 8.60. The molecule has 0 aromatic heterocycles. The van der Waals surface area contributed by atoms with Gasteiger partial charge in [-0.05, 0) is 68.1 Å². The summed E-state index contributed by atoms with van der Waals surface area (Å²) in [6.07, 6.45) is 0. The summed E-state index contributed by atoms with van der Waals surface area (Å²) in [5, 5.41) is 5.62. The van der Waals surface area contributed by atoms with E-state index in [1.807, 2.05) is 33.8 Å². The van der Waals surface area contributed by atoms with E-state index in [1.165, 1.54) is 18.7 Å². The van der Waals surface area contributed by atoms with Crippen molar-refractivity contribution in [3.63, 3.8) is 0 Å². The Morgan fingerprint density at radius 3 is 2.27 bits per heavy atom. The second-order valence-electron chi connectivity index (χ2n) is 6.29. The van der Waals surface area contributed by atoms with E-state index < -0.39 is 11.8 Å². The number of anilines is 1. The lowest BCUT2D eigenvalue weighted by Crippen LogP contribution is -2.37. The molecular formula is C20H23ClN2O3. The number of rotatable bonds is 4. The smallest absolute Gasteiger partial charge is 0.313 e. The first-order chi connectivity index (χ1) is 12.2. The third kappa shape index (κ3) is 4.55. The van der Waals surface area contributed by atoms with Gasteiger partial charge in [0.15, 0.2) is 0 Å². The average molecular weight is 375 g/mol. The number of nitrogens with one attached hydrogen (secondary N) is 2. The Balaban J connectivity index is 2.06. The zero-order valence-electron chi connectivity index (χ0n) is 15.6. The number of carbonyl (C=O) groups excluding carboxylic acids is 2. The van der Waals surface area contributed by atoms with Gasteiger partial charge < -0.3 is 15.4 Å².